The van der Waals surface area contributed by atoms with E-state index < -0.39 is 0 Å². The number of para-hydroxylation sites is 1. The molecule has 0 radical (unpaired) electrons. The average Bonchev–Trinajstić information content (AvgIpc) is 3.23. The second kappa shape index (κ2) is 5.70. The van der Waals surface area contributed by atoms with Gasteiger partial charge in [-0.05, 0) is 31.4 Å². The third-order valence-electron chi connectivity index (χ3n) is 4.77. The van der Waals surface area contributed by atoms with Gasteiger partial charge in [-0.15, -0.1) is 0 Å². The summed E-state index contributed by atoms with van der Waals surface area (Å²) >= 11 is 0. The van der Waals surface area contributed by atoms with Crippen molar-refractivity contribution in [3.63, 3.8) is 0 Å². The molecular weight excluding hydrogens is 290 g/mol. The maximum atomic E-state index is 12.7. The minimum atomic E-state index is -0.0294. The molecule has 6 heteroatoms. The first-order valence-corrected chi connectivity index (χ1v) is 8.13. The van der Waals surface area contributed by atoms with Crippen LogP contribution < -0.4 is 10.6 Å². The zero-order valence-corrected chi connectivity index (χ0v) is 13.2. The number of nitrogens with zero attached hydrogens (tertiary/aromatic N) is 3. The van der Waals surface area contributed by atoms with E-state index in [1.807, 2.05) is 48.2 Å². The molecule has 1 aromatic heterocycles. The van der Waals surface area contributed by atoms with E-state index in [-0.39, 0.29) is 6.03 Å². The van der Waals surface area contributed by atoms with Crippen molar-refractivity contribution in [1.29, 1.82) is 0 Å². The first kappa shape index (κ1) is 14.3. The number of carbonyl (C=O) groups excluding carboxylic acids is 1. The van der Waals surface area contributed by atoms with Crippen LogP contribution in [0.3, 0.4) is 0 Å². The van der Waals surface area contributed by atoms with E-state index in [0.717, 1.165) is 37.4 Å². The number of rotatable bonds is 2. The van der Waals surface area contributed by atoms with E-state index in [2.05, 4.69) is 15.7 Å². The van der Waals surface area contributed by atoms with E-state index in [1.54, 1.807) is 4.68 Å². The predicted octanol–water partition coefficient (Wildman–Crippen LogP) is 2.01. The number of fused-ring (bicyclic) bond motifs is 1. The standard InChI is InChI=1S/C17H21N5O/c1-12-9-16(22(20-12)14-5-3-2-4-6-14)19-17(23)21-8-7-13-10-18-11-15(13)21/h2-6,9,13,15,18H,7-8,10-11H2,1H3,(H,19,23). The van der Waals surface area contributed by atoms with Crippen molar-refractivity contribution in [1.82, 2.24) is 20.0 Å². The summed E-state index contributed by atoms with van der Waals surface area (Å²) in [5.41, 5.74) is 1.82. The van der Waals surface area contributed by atoms with Crippen molar-refractivity contribution in [3.05, 3.63) is 42.1 Å². The van der Waals surface area contributed by atoms with Crippen LogP contribution in [0.4, 0.5) is 10.6 Å². The third kappa shape index (κ3) is 2.59. The second-order valence-corrected chi connectivity index (χ2v) is 6.32. The molecule has 2 N–H and O–H groups in total. The molecule has 2 atom stereocenters. The van der Waals surface area contributed by atoms with E-state index in [9.17, 15) is 4.79 Å². The van der Waals surface area contributed by atoms with Gasteiger partial charge >= 0.3 is 6.03 Å². The number of carbonyl (C=O) groups is 1. The maximum absolute atomic E-state index is 12.7. The fraction of sp³-hybridized carbons (Fsp3) is 0.412. The predicted molar refractivity (Wildman–Crippen MR) is 88.8 cm³/mol. The summed E-state index contributed by atoms with van der Waals surface area (Å²) in [6.07, 6.45) is 1.09. The van der Waals surface area contributed by atoms with Crippen molar-refractivity contribution in [3.8, 4) is 5.69 Å². The van der Waals surface area contributed by atoms with Crippen molar-refractivity contribution in [2.24, 2.45) is 5.92 Å². The normalized spacial score (nSPS) is 23.1. The number of aromatic nitrogens is 2. The highest BCUT2D eigenvalue weighted by Crippen LogP contribution is 2.28. The van der Waals surface area contributed by atoms with Gasteiger partial charge in [-0.1, -0.05) is 18.2 Å². The number of hydrogen-bond acceptors (Lipinski definition) is 3. The number of amides is 2. The SMILES string of the molecule is Cc1cc(NC(=O)N2CCC3CNCC32)n(-c2ccccc2)n1. The summed E-state index contributed by atoms with van der Waals surface area (Å²) in [5, 5.41) is 10.9. The number of hydrogen-bond donors (Lipinski definition) is 2. The average molecular weight is 311 g/mol. The van der Waals surface area contributed by atoms with E-state index in [4.69, 9.17) is 0 Å². The maximum Gasteiger partial charge on any atom is 0.323 e. The zero-order chi connectivity index (χ0) is 15.8. The Morgan fingerprint density at radius 2 is 2.13 bits per heavy atom. The molecule has 2 aliphatic rings. The lowest BCUT2D eigenvalue weighted by atomic mass is 10.1. The van der Waals surface area contributed by atoms with Crippen molar-refractivity contribution < 1.29 is 4.79 Å². The molecule has 6 nitrogen and oxygen atoms in total. The molecule has 0 aliphatic carbocycles. The highest BCUT2D eigenvalue weighted by Gasteiger charge is 2.40. The monoisotopic (exact) mass is 311 g/mol. The summed E-state index contributed by atoms with van der Waals surface area (Å²) in [5.74, 6) is 1.31. The van der Waals surface area contributed by atoms with Gasteiger partial charge in [0.25, 0.3) is 0 Å². The highest BCUT2D eigenvalue weighted by atomic mass is 16.2. The summed E-state index contributed by atoms with van der Waals surface area (Å²) in [6, 6.07) is 12.1. The number of benzene rings is 1. The minimum absolute atomic E-state index is 0.0294. The summed E-state index contributed by atoms with van der Waals surface area (Å²) in [7, 11) is 0. The number of likely N-dealkylation sites (tertiary alicyclic amines) is 1. The van der Waals surface area contributed by atoms with Crippen LogP contribution in [-0.4, -0.2) is 46.4 Å². The summed E-state index contributed by atoms with van der Waals surface area (Å²) < 4.78 is 1.79. The lowest BCUT2D eigenvalue weighted by Gasteiger charge is -2.23. The molecular formula is C17H21N5O. The second-order valence-electron chi connectivity index (χ2n) is 6.32. The lowest BCUT2D eigenvalue weighted by molar-refractivity contribution is 0.206. The molecule has 2 unspecified atom stereocenters. The largest absolute Gasteiger partial charge is 0.323 e. The van der Waals surface area contributed by atoms with Crippen molar-refractivity contribution in [2.45, 2.75) is 19.4 Å². The van der Waals surface area contributed by atoms with E-state index in [1.165, 1.54) is 0 Å². The lowest BCUT2D eigenvalue weighted by Crippen LogP contribution is -2.41. The van der Waals surface area contributed by atoms with Gasteiger partial charge in [-0.3, -0.25) is 5.32 Å². The van der Waals surface area contributed by atoms with Crippen LogP contribution in [0.1, 0.15) is 12.1 Å². The molecule has 4 rings (SSSR count). The Morgan fingerprint density at radius 3 is 2.96 bits per heavy atom. The molecule has 3 heterocycles. The molecule has 1 aromatic carbocycles. The van der Waals surface area contributed by atoms with Gasteiger partial charge in [0.15, 0.2) is 0 Å². The van der Waals surface area contributed by atoms with Crippen LogP contribution in [-0.2, 0) is 0 Å². The van der Waals surface area contributed by atoms with Crippen LogP contribution in [0, 0.1) is 12.8 Å². The quantitative estimate of drug-likeness (QED) is 0.892. The first-order valence-electron chi connectivity index (χ1n) is 8.13. The van der Waals surface area contributed by atoms with Gasteiger partial charge in [0.1, 0.15) is 5.82 Å². The van der Waals surface area contributed by atoms with Gasteiger partial charge in [0.2, 0.25) is 0 Å². The fourth-order valence-corrected chi connectivity index (χ4v) is 3.64. The summed E-state index contributed by atoms with van der Waals surface area (Å²) in [6.45, 7) is 4.69. The fourth-order valence-electron chi connectivity index (χ4n) is 3.64. The summed E-state index contributed by atoms with van der Waals surface area (Å²) in [4.78, 5) is 14.7. The molecule has 2 aliphatic heterocycles. The zero-order valence-electron chi connectivity index (χ0n) is 13.2. The Kier molecular flexibility index (Phi) is 3.53. The van der Waals surface area contributed by atoms with Gasteiger partial charge in [-0.25, -0.2) is 9.48 Å². The molecule has 2 aromatic rings. The molecule has 2 saturated heterocycles. The topological polar surface area (TPSA) is 62.2 Å². The molecule has 2 fully saturated rings. The highest BCUT2D eigenvalue weighted by molar-refractivity contribution is 5.89. The molecule has 0 saturated carbocycles. The Balaban J connectivity index is 1.56. The number of aryl methyl sites for hydroxylation is 1. The van der Waals surface area contributed by atoms with Crippen LogP contribution in [0.25, 0.3) is 5.69 Å². The van der Waals surface area contributed by atoms with E-state index >= 15 is 0 Å². The van der Waals surface area contributed by atoms with Gasteiger partial charge in [-0.2, -0.15) is 5.10 Å². The van der Waals surface area contributed by atoms with Gasteiger partial charge < -0.3 is 10.2 Å². The molecule has 2 amide bonds. The minimum Gasteiger partial charge on any atom is -0.320 e. The van der Waals surface area contributed by atoms with Crippen LogP contribution >= 0.6 is 0 Å². The number of nitrogens with one attached hydrogen (secondary N) is 2. The van der Waals surface area contributed by atoms with Crippen molar-refractivity contribution >= 4 is 11.8 Å². The Hall–Kier alpha value is -2.34. The number of urea groups is 1. The van der Waals surface area contributed by atoms with E-state index in [0.29, 0.717) is 17.8 Å². The van der Waals surface area contributed by atoms with Crippen LogP contribution in [0.2, 0.25) is 0 Å². The molecule has 120 valence electrons. The molecule has 0 bridgehead atoms. The Morgan fingerprint density at radius 1 is 1.30 bits per heavy atom. The smallest absolute Gasteiger partial charge is 0.320 e. The van der Waals surface area contributed by atoms with Crippen LogP contribution in [0.5, 0.6) is 0 Å². The Bertz CT molecular complexity index is 711. The van der Waals surface area contributed by atoms with Crippen LogP contribution in [0.15, 0.2) is 36.4 Å². The third-order valence-corrected chi connectivity index (χ3v) is 4.77. The van der Waals surface area contributed by atoms with Gasteiger partial charge in [0, 0.05) is 31.7 Å². The molecule has 23 heavy (non-hydrogen) atoms. The number of anilines is 1. The first-order chi connectivity index (χ1) is 11.2. The van der Waals surface area contributed by atoms with Gasteiger partial charge in [0.05, 0.1) is 11.4 Å². The Labute approximate surface area is 135 Å². The van der Waals surface area contributed by atoms with Crippen molar-refractivity contribution in [2.75, 3.05) is 25.0 Å². The molecule has 0 spiro atoms.